The molecule has 0 radical (unpaired) electrons. The van der Waals surface area contributed by atoms with Crippen molar-refractivity contribution in [1.29, 1.82) is 0 Å². The van der Waals surface area contributed by atoms with Crippen molar-refractivity contribution in [1.82, 2.24) is 9.97 Å². The third kappa shape index (κ3) is 13.4. The molecule has 96 heavy (non-hydrogen) atoms. The van der Waals surface area contributed by atoms with Gasteiger partial charge in [0.25, 0.3) is 0 Å². The Kier molecular flexibility index (Phi) is 20.7. The minimum atomic E-state index is -0.130. The van der Waals surface area contributed by atoms with E-state index in [1.807, 2.05) is 34.0 Å². The molecule has 0 atom stereocenters. The molecule has 0 fully saturated rings. The summed E-state index contributed by atoms with van der Waals surface area (Å²) in [5, 5.41) is 4.80. The van der Waals surface area contributed by atoms with Gasteiger partial charge in [0.2, 0.25) is 0 Å². The van der Waals surface area contributed by atoms with E-state index in [4.69, 9.17) is 14.4 Å². The average Bonchev–Trinajstić information content (AvgIpc) is 1.57. The summed E-state index contributed by atoms with van der Waals surface area (Å²) in [6, 6.07) is 61.8. The van der Waals surface area contributed by atoms with E-state index in [1.165, 1.54) is 268 Å². The molecule has 0 amide bonds. The van der Waals surface area contributed by atoms with Gasteiger partial charge in [-0.05, 0) is 175 Å². The molecule has 7 aromatic carbocycles. The second-order valence-electron chi connectivity index (χ2n) is 28.9. The summed E-state index contributed by atoms with van der Waals surface area (Å²) in [6.07, 6.45) is 35.7. The van der Waals surface area contributed by atoms with Gasteiger partial charge in [0.15, 0.2) is 5.82 Å². The van der Waals surface area contributed by atoms with Crippen LogP contribution in [-0.4, -0.2) is 9.97 Å². The Labute approximate surface area is 585 Å². The van der Waals surface area contributed by atoms with Crippen LogP contribution in [0.1, 0.15) is 240 Å². The second-order valence-corrected chi connectivity index (χ2v) is 32.3. The number of hydrogen-bond acceptors (Lipinski definition) is 6. The fourth-order valence-electron chi connectivity index (χ4n) is 16.9. The van der Waals surface area contributed by atoms with Crippen LogP contribution in [0.25, 0.3) is 118 Å². The quantitative estimate of drug-likeness (QED) is 0.0385. The molecule has 0 bridgehead atoms. The van der Waals surface area contributed by atoms with Crippen molar-refractivity contribution in [3.63, 3.8) is 0 Å². The standard InChI is InChI=1S/C90H100N2OS3/c1-7-11-15-19-23-29-49-89(50-30-24-20-16-12-8-2)75-53-61(5)35-41-67(75)68-42-37-63(55-76(68)89)79-59-80(92-88(91-79)66-40-46-84-73(54-66)74-58-72-71-33-27-28-34-81(71)93-82(72)60-87(74)96-84)64-38-43-69-70-44-39-65(83-47-48-86(95-83)85-45-36-62(6)94-85)57-78(70)90(77(69)56-64,51-31-25-21-17-13-9-3)52-32-26-22-18-14-10-4/h27-28,33-48,53-60H,7-26,29-32,49-52H2,1-6H3. The molecule has 2 aliphatic carbocycles. The highest BCUT2D eigenvalue weighted by Gasteiger charge is 2.44. The van der Waals surface area contributed by atoms with Gasteiger partial charge in [-0.1, -0.05) is 260 Å². The minimum Gasteiger partial charge on any atom is -0.456 e. The van der Waals surface area contributed by atoms with Crippen LogP contribution in [-0.2, 0) is 10.8 Å². The smallest absolute Gasteiger partial charge is 0.160 e. The van der Waals surface area contributed by atoms with Crippen molar-refractivity contribution in [2.24, 2.45) is 0 Å². The van der Waals surface area contributed by atoms with Gasteiger partial charge in [-0.3, -0.25) is 0 Å². The third-order valence-corrected chi connectivity index (χ3v) is 25.6. The first kappa shape index (κ1) is 66.3. The Balaban J connectivity index is 0.926. The van der Waals surface area contributed by atoms with Gasteiger partial charge in [0.1, 0.15) is 11.2 Å². The fourth-order valence-corrected chi connectivity index (χ4v) is 20.0. The van der Waals surface area contributed by atoms with Crippen molar-refractivity contribution in [2.75, 3.05) is 0 Å². The average molecular weight is 1320 g/mol. The molecule has 5 aromatic heterocycles. The highest BCUT2D eigenvalue weighted by Crippen LogP contribution is 2.58. The van der Waals surface area contributed by atoms with Crippen LogP contribution in [0.3, 0.4) is 0 Å². The fraction of sp³-hybridized carbons (Fsp3) is 0.400. The number of furan rings is 1. The third-order valence-electron chi connectivity index (χ3n) is 22.1. The van der Waals surface area contributed by atoms with Gasteiger partial charge in [0, 0.05) is 78.0 Å². The molecule has 0 spiro atoms. The lowest BCUT2D eigenvalue weighted by atomic mass is 9.70. The topological polar surface area (TPSA) is 38.9 Å². The predicted molar refractivity (Wildman–Crippen MR) is 419 cm³/mol. The van der Waals surface area contributed by atoms with Crippen LogP contribution in [0, 0.1) is 13.8 Å². The summed E-state index contributed by atoms with van der Waals surface area (Å²) in [4.78, 5) is 17.1. The molecule has 0 unspecified atom stereocenters. The molecule has 0 aliphatic heterocycles. The Morgan fingerprint density at radius 2 is 0.781 bits per heavy atom. The van der Waals surface area contributed by atoms with Crippen molar-refractivity contribution < 1.29 is 4.42 Å². The zero-order valence-electron chi connectivity index (χ0n) is 58.3. The maximum absolute atomic E-state index is 6.46. The largest absolute Gasteiger partial charge is 0.456 e. The summed E-state index contributed by atoms with van der Waals surface area (Å²) < 4.78 is 8.95. The van der Waals surface area contributed by atoms with E-state index in [2.05, 4.69) is 199 Å². The predicted octanol–water partition coefficient (Wildman–Crippen LogP) is 29.4. The number of aromatic nitrogens is 2. The molecule has 0 N–H and O–H groups in total. The molecule has 2 aliphatic rings. The van der Waals surface area contributed by atoms with E-state index in [0.29, 0.717) is 0 Å². The molecular weight excluding hydrogens is 1220 g/mol. The molecule has 0 saturated carbocycles. The normalized spacial score (nSPS) is 13.6. The first-order chi connectivity index (χ1) is 47.2. The zero-order chi connectivity index (χ0) is 65.6. The van der Waals surface area contributed by atoms with Crippen LogP contribution >= 0.6 is 34.0 Å². The van der Waals surface area contributed by atoms with Crippen molar-refractivity contribution in [2.45, 2.75) is 232 Å². The Morgan fingerprint density at radius 1 is 0.323 bits per heavy atom. The number of unbranched alkanes of at least 4 members (excludes halogenated alkanes) is 20. The number of para-hydroxylation sites is 1. The first-order valence-electron chi connectivity index (χ1n) is 37.6. The number of benzene rings is 7. The van der Waals surface area contributed by atoms with Gasteiger partial charge in [-0.2, -0.15) is 0 Å². The van der Waals surface area contributed by atoms with Gasteiger partial charge in [-0.15, -0.1) is 34.0 Å². The van der Waals surface area contributed by atoms with E-state index >= 15 is 0 Å². The maximum atomic E-state index is 6.46. The maximum Gasteiger partial charge on any atom is 0.160 e. The van der Waals surface area contributed by atoms with Gasteiger partial charge in [0.05, 0.1) is 11.4 Å². The van der Waals surface area contributed by atoms with E-state index in [0.717, 1.165) is 57.6 Å². The van der Waals surface area contributed by atoms with E-state index in [1.54, 1.807) is 5.56 Å². The van der Waals surface area contributed by atoms with E-state index < -0.39 is 0 Å². The lowest BCUT2D eigenvalue weighted by molar-refractivity contribution is 0.398. The summed E-state index contributed by atoms with van der Waals surface area (Å²) in [7, 11) is 0. The SMILES string of the molecule is CCCCCCCCC1(CCCCCCCC)c2cc(C)ccc2-c2ccc(-c3cc(-c4ccc5c(c4)C(CCCCCCCC)(CCCCCCCC)c4cc(-c6ccc(-c7ccc(C)s7)s6)ccc4-5)nc(-c4ccc5sc6cc7oc8ccccc8c7cc6c5c4)n3)cc21. The number of aryl methyl sites for hydroxylation is 2. The summed E-state index contributed by atoms with van der Waals surface area (Å²) in [5.41, 5.74) is 21.6. The molecule has 12 aromatic rings. The molecule has 0 saturated heterocycles. The van der Waals surface area contributed by atoms with Crippen molar-refractivity contribution >= 4 is 76.1 Å². The number of rotatable bonds is 33. The molecule has 14 rings (SSSR count). The van der Waals surface area contributed by atoms with E-state index in [9.17, 15) is 0 Å². The summed E-state index contributed by atoms with van der Waals surface area (Å²) in [5.74, 6) is 0.773. The number of nitrogens with zero attached hydrogens (tertiary/aromatic N) is 2. The molecular formula is C90H100N2OS3. The number of thiophene rings is 3. The van der Waals surface area contributed by atoms with Gasteiger partial charge in [-0.25, -0.2) is 9.97 Å². The Hall–Kier alpha value is -6.96. The Morgan fingerprint density at radius 3 is 1.33 bits per heavy atom. The number of fused-ring (bicyclic) bond motifs is 12. The van der Waals surface area contributed by atoms with Crippen LogP contribution in [0.4, 0.5) is 0 Å². The zero-order valence-corrected chi connectivity index (χ0v) is 60.8. The second kappa shape index (κ2) is 30.0. The van der Waals surface area contributed by atoms with Crippen LogP contribution in [0.5, 0.6) is 0 Å². The van der Waals surface area contributed by atoms with Crippen LogP contribution < -0.4 is 0 Å². The highest BCUT2D eigenvalue weighted by atomic mass is 32.1. The molecule has 6 heteroatoms. The first-order valence-corrected chi connectivity index (χ1v) is 40.0. The Bertz CT molecular complexity index is 4640. The molecule has 3 nitrogen and oxygen atoms in total. The van der Waals surface area contributed by atoms with Gasteiger partial charge >= 0.3 is 0 Å². The lowest BCUT2D eigenvalue weighted by Crippen LogP contribution is -2.26. The van der Waals surface area contributed by atoms with Crippen molar-refractivity contribution in [3.05, 3.63) is 190 Å². The van der Waals surface area contributed by atoms with Crippen LogP contribution in [0.15, 0.2) is 162 Å². The van der Waals surface area contributed by atoms with Crippen molar-refractivity contribution in [3.8, 4) is 76.4 Å². The molecule has 494 valence electrons. The van der Waals surface area contributed by atoms with Crippen LogP contribution in [0.2, 0.25) is 0 Å². The summed E-state index contributed by atoms with van der Waals surface area (Å²) in [6.45, 7) is 13.9. The minimum absolute atomic E-state index is 0.0587. The van der Waals surface area contributed by atoms with E-state index in [-0.39, 0.29) is 10.8 Å². The molecule has 5 heterocycles. The monoisotopic (exact) mass is 1320 g/mol. The summed E-state index contributed by atoms with van der Waals surface area (Å²) >= 11 is 5.70. The highest BCUT2D eigenvalue weighted by molar-refractivity contribution is 7.26. The number of hydrogen-bond donors (Lipinski definition) is 0. The lowest BCUT2D eigenvalue weighted by Gasteiger charge is -2.33. The van der Waals surface area contributed by atoms with Gasteiger partial charge < -0.3 is 4.42 Å².